The molecule has 1 fully saturated rings. The second-order valence-electron chi connectivity index (χ2n) is 5.96. The lowest BCUT2D eigenvalue weighted by Crippen LogP contribution is -2.38. The molecular formula is C15H28ClNO3. The molecule has 1 aliphatic heterocycles. The van der Waals surface area contributed by atoms with Crippen molar-refractivity contribution in [3.63, 3.8) is 0 Å². The van der Waals surface area contributed by atoms with E-state index in [-0.39, 0.29) is 11.3 Å². The summed E-state index contributed by atoms with van der Waals surface area (Å²) >= 11 is 5.71. The summed E-state index contributed by atoms with van der Waals surface area (Å²) < 4.78 is 5.31. The van der Waals surface area contributed by atoms with Crippen molar-refractivity contribution < 1.29 is 14.3 Å². The molecule has 1 atom stereocenters. The highest BCUT2D eigenvalue weighted by atomic mass is 35.5. The van der Waals surface area contributed by atoms with Crippen molar-refractivity contribution in [2.45, 2.75) is 66.4 Å². The monoisotopic (exact) mass is 305 g/mol. The van der Waals surface area contributed by atoms with Gasteiger partial charge in [-0.2, -0.15) is 0 Å². The van der Waals surface area contributed by atoms with E-state index < -0.39 is 11.0 Å². The minimum Gasteiger partial charge on any atom is -0.444 e. The number of nitrogens with zero attached hydrogens (tertiary/aromatic N) is 1. The summed E-state index contributed by atoms with van der Waals surface area (Å²) in [5, 5.41) is -0.338. The highest BCUT2D eigenvalue weighted by Gasteiger charge is 2.45. The lowest BCUT2D eigenvalue weighted by molar-refractivity contribution is -0.120. The standard InChI is InChI=1S/C13H22ClNO3.C2H6/c1-5-6-13(10(14)16)7-8-15(9-13)11(17)18-12(2,3)4;1-2/h5-9H2,1-4H3;1-2H3. The van der Waals surface area contributed by atoms with Gasteiger partial charge in [0.25, 0.3) is 0 Å². The molecule has 1 rings (SSSR count). The van der Waals surface area contributed by atoms with Gasteiger partial charge in [0, 0.05) is 13.1 Å². The van der Waals surface area contributed by atoms with Crippen molar-refractivity contribution in [2.24, 2.45) is 5.41 Å². The molecule has 5 heteroatoms. The third kappa shape index (κ3) is 5.31. The second kappa shape index (κ2) is 7.87. The molecule has 1 amide bonds. The molecule has 0 aromatic rings. The Morgan fingerprint density at radius 2 is 1.85 bits per heavy atom. The number of carbonyl (C=O) groups excluding carboxylic acids is 2. The zero-order valence-corrected chi connectivity index (χ0v) is 14.3. The molecule has 1 unspecified atom stereocenters. The molecule has 0 aliphatic carbocycles. The Morgan fingerprint density at radius 1 is 1.30 bits per heavy atom. The topological polar surface area (TPSA) is 46.6 Å². The molecule has 0 bridgehead atoms. The quantitative estimate of drug-likeness (QED) is 0.734. The molecule has 0 N–H and O–H groups in total. The highest BCUT2D eigenvalue weighted by Crippen LogP contribution is 2.37. The van der Waals surface area contributed by atoms with Crippen LogP contribution >= 0.6 is 11.6 Å². The Hall–Kier alpha value is -0.770. The molecule has 0 saturated carbocycles. The van der Waals surface area contributed by atoms with Crippen molar-refractivity contribution >= 4 is 22.9 Å². The van der Waals surface area contributed by atoms with Gasteiger partial charge in [-0.05, 0) is 45.2 Å². The SMILES string of the molecule is CC.CCCC1(C(=O)Cl)CCN(C(=O)OC(C)(C)C)C1. The Morgan fingerprint density at radius 3 is 2.25 bits per heavy atom. The highest BCUT2D eigenvalue weighted by molar-refractivity contribution is 6.64. The molecule has 0 spiro atoms. The Bertz CT molecular complexity index is 339. The molecule has 0 aromatic carbocycles. The molecule has 1 aliphatic rings. The number of hydrogen-bond donors (Lipinski definition) is 0. The number of amides is 1. The lowest BCUT2D eigenvalue weighted by atomic mass is 9.84. The molecule has 0 aromatic heterocycles. The van der Waals surface area contributed by atoms with Crippen LogP contribution < -0.4 is 0 Å². The predicted octanol–water partition coefficient (Wildman–Crippen LogP) is 4.21. The molecular weight excluding hydrogens is 278 g/mol. The number of halogens is 1. The Labute approximate surface area is 127 Å². The van der Waals surface area contributed by atoms with Crippen molar-refractivity contribution in [3.8, 4) is 0 Å². The van der Waals surface area contributed by atoms with Crippen molar-refractivity contribution in [1.82, 2.24) is 4.90 Å². The third-order valence-electron chi connectivity index (χ3n) is 3.15. The molecule has 1 saturated heterocycles. The van der Waals surface area contributed by atoms with Crippen LogP contribution in [0.15, 0.2) is 0 Å². The van der Waals surface area contributed by atoms with E-state index in [0.717, 1.165) is 6.42 Å². The number of hydrogen-bond acceptors (Lipinski definition) is 3. The van der Waals surface area contributed by atoms with Crippen LogP contribution in [-0.2, 0) is 9.53 Å². The lowest BCUT2D eigenvalue weighted by Gasteiger charge is -2.27. The number of carbonyl (C=O) groups is 2. The van der Waals surface area contributed by atoms with Crippen LogP contribution in [0.25, 0.3) is 0 Å². The van der Waals surface area contributed by atoms with Gasteiger partial charge in [0.2, 0.25) is 5.24 Å². The zero-order valence-electron chi connectivity index (χ0n) is 13.6. The van der Waals surface area contributed by atoms with Crippen LogP contribution in [0.2, 0.25) is 0 Å². The van der Waals surface area contributed by atoms with Crippen LogP contribution in [0.1, 0.15) is 60.8 Å². The summed E-state index contributed by atoms with van der Waals surface area (Å²) in [6.07, 6.45) is 1.86. The zero-order chi connectivity index (χ0) is 16.0. The minimum atomic E-state index is -0.576. The first-order chi connectivity index (χ1) is 9.20. The number of likely N-dealkylation sites (tertiary alicyclic amines) is 1. The number of rotatable bonds is 3. The van der Waals surface area contributed by atoms with Crippen LogP contribution in [0, 0.1) is 5.41 Å². The number of ether oxygens (including phenoxy) is 1. The molecule has 20 heavy (non-hydrogen) atoms. The maximum Gasteiger partial charge on any atom is 0.410 e. The molecule has 0 radical (unpaired) electrons. The van der Waals surface area contributed by atoms with E-state index in [9.17, 15) is 9.59 Å². The van der Waals surface area contributed by atoms with Gasteiger partial charge < -0.3 is 9.64 Å². The minimum absolute atomic E-state index is 0.338. The van der Waals surface area contributed by atoms with Crippen molar-refractivity contribution in [3.05, 3.63) is 0 Å². The fourth-order valence-corrected chi connectivity index (χ4v) is 2.54. The second-order valence-corrected chi connectivity index (χ2v) is 6.30. The van der Waals surface area contributed by atoms with Gasteiger partial charge in [0.1, 0.15) is 5.60 Å². The smallest absolute Gasteiger partial charge is 0.410 e. The first kappa shape index (κ1) is 19.2. The molecule has 1 heterocycles. The van der Waals surface area contributed by atoms with Crippen molar-refractivity contribution in [1.29, 1.82) is 0 Å². The third-order valence-corrected chi connectivity index (χ3v) is 3.55. The molecule has 118 valence electrons. The van der Waals surface area contributed by atoms with Gasteiger partial charge in [-0.3, -0.25) is 4.79 Å². The summed E-state index contributed by atoms with van der Waals surface area (Å²) in [7, 11) is 0. The Balaban J connectivity index is 0.00000172. The summed E-state index contributed by atoms with van der Waals surface area (Å²) in [5.74, 6) is 0. The van der Waals surface area contributed by atoms with Gasteiger partial charge in [-0.15, -0.1) is 0 Å². The van der Waals surface area contributed by atoms with Gasteiger partial charge in [-0.25, -0.2) is 4.79 Å². The molecule has 4 nitrogen and oxygen atoms in total. The fraction of sp³-hybridized carbons (Fsp3) is 0.867. The first-order valence-corrected chi connectivity index (χ1v) is 7.76. The largest absolute Gasteiger partial charge is 0.444 e. The van der Waals surface area contributed by atoms with E-state index in [4.69, 9.17) is 16.3 Å². The summed E-state index contributed by atoms with van der Waals surface area (Å²) in [6, 6.07) is 0. The van der Waals surface area contributed by atoms with E-state index in [1.807, 2.05) is 41.5 Å². The van der Waals surface area contributed by atoms with Crippen LogP contribution in [0.3, 0.4) is 0 Å². The predicted molar refractivity (Wildman–Crippen MR) is 82.0 cm³/mol. The Kier molecular flexibility index (Phi) is 7.56. The summed E-state index contributed by atoms with van der Waals surface area (Å²) in [6.45, 7) is 12.4. The van der Waals surface area contributed by atoms with E-state index >= 15 is 0 Å². The van der Waals surface area contributed by atoms with E-state index in [2.05, 4.69) is 0 Å². The van der Waals surface area contributed by atoms with Crippen LogP contribution in [0.5, 0.6) is 0 Å². The van der Waals surface area contributed by atoms with E-state index in [0.29, 0.717) is 25.9 Å². The first-order valence-electron chi connectivity index (χ1n) is 7.38. The maximum absolute atomic E-state index is 11.9. The fourth-order valence-electron chi connectivity index (χ4n) is 2.30. The average Bonchev–Trinajstić information content (AvgIpc) is 2.76. The van der Waals surface area contributed by atoms with Crippen LogP contribution in [0.4, 0.5) is 4.79 Å². The maximum atomic E-state index is 11.9. The summed E-state index contributed by atoms with van der Waals surface area (Å²) in [4.78, 5) is 25.1. The van der Waals surface area contributed by atoms with Gasteiger partial charge in [0.05, 0.1) is 5.41 Å². The van der Waals surface area contributed by atoms with Gasteiger partial charge in [-0.1, -0.05) is 27.2 Å². The van der Waals surface area contributed by atoms with E-state index in [1.165, 1.54) is 0 Å². The normalized spacial score (nSPS) is 22.1. The van der Waals surface area contributed by atoms with Crippen LogP contribution in [-0.4, -0.2) is 34.9 Å². The van der Waals surface area contributed by atoms with Gasteiger partial charge >= 0.3 is 6.09 Å². The average molecular weight is 306 g/mol. The van der Waals surface area contributed by atoms with Crippen molar-refractivity contribution in [2.75, 3.05) is 13.1 Å². The van der Waals surface area contributed by atoms with E-state index in [1.54, 1.807) is 4.90 Å². The van der Waals surface area contributed by atoms with Gasteiger partial charge in [0.15, 0.2) is 0 Å². The summed E-state index contributed by atoms with van der Waals surface area (Å²) in [5.41, 5.74) is -1.09.